The summed E-state index contributed by atoms with van der Waals surface area (Å²) in [6.07, 6.45) is -3.08. The molecular weight excluding hydrogens is 615 g/mol. The Morgan fingerprint density at radius 2 is 1.82 bits per heavy atom. The van der Waals surface area contributed by atoms with Crippen molar-refractivity contribution in [2.24, 2.45) is 0 Å². The molecule has 2 aliphatic rings. The number of hydrogen-bond acceptors (Lipinski definition) is 9. The van der Waals surface area contributed by atoms with E-state index < -0.39 is 56.9 Å². The van der Waals surface area contributed by atoms with Gasteiger partial charge in [0.05, 0.1) is 18.8 Å². The molecule has 16 heteroatoms. The standard InChI is InChI=1S/C29H32F2N5O8P/c1-35-15-8-13-23(25(35)37)34-45(40,44-21-11-6-3-7-12-21)42-19-22-17-29(30,31)26(43-22)36-16-14-24(32-27(36)38)33-28(39)41-18-20-9-4-2-5-10-20/h2-7,9-12,14,16,22-23,26H,8,13,15,17-19H2,1H3,(H,34,40)(H,32,33,38,39). The number of rotatable bonds is 11. The minimum absolute atomic E-state index is 0.0256. The van der Waals surface area contributed by atoms with Crippen LogP contribution in [-0.4, -0.2) is 64.7 Å². The quantitative estimate of drug-likeness (QED) is 0.288. The third-order valence-corrected chi connectivity index (χ3v) is 8.65. The molecule has 1 aromatic heterocycles. The molecule has 0 bridgehead atoms. The number of carbonyl (C=O) groups excluding carboxylic acids is 2. The van der Waals surface area contributed by atoms with Gasteiger partial charge in [-0.05, 0) is 36.6 Å². The van der Waals surface area contributed by atoms with E-state index in [2.05, 4.69) is 15.4 Å². The second-order valence-corrected chi connectivity index (χ2v) is 12.2. The Labute approximate surface area is 257 Å². The maximum atomic E-state index is 15.1. The zero-order valence-corrected chi connectivity index (χ0v) is 25.1. The molecule has 2 aliphatic heterocycles. The summed E-state index contributed by atoms with van der Waals surface area (Å²) >= 11 is 0. The van der Waals surface area contributed by atoms with Gasteiger partial charge in [-0.25, -0.2) is 22.9 Å². The Balaban J connectivity index is 1.23. The normalized spacial score (nSPS) is 22.4. The molecule has 2 saturated heterocycles. The first-order valence-electron chi connectivity index (χ1n) is 14.1. The molecule has 0 saturated carbocycles. The highest BCUT2D eigenvalue weighted by atomic mass is 31.2. The number of ether oxygens (including phenoxy) is 2. The van der Waals surface area contributed by atoms with E-state index in [1.54, 1.807) is 49.5 Å². The van der Waals surface area contributed by atoms with Crippen LogP contribution in [0.4, 0.5) is 19.4 Å². The second kappa shape index (κ2) is 13.9. The Morgan fingerprint density at radius 3 is 2.53 bits per heavy atom. The van der Waals surface area contributed by atoms with Gasteiger partial charge in [0.1, 0.15) is 18.2 Å². The van der Waals surface area contributed by atoms with Crippen LogP contribution in [0.2, 0.25) is 0 Å². The van der Waals surface area contributed by atoms with Crippen molar-refractivity contribution in [1.82, 2.24) is 19.5 Å². The summed E-state index contributed by atoms with van der Waals surface area (Å²) < 4.78 is 66.3. The molecule has 2 amide bonds. The van der Waals surface area contributed by atoms with Crippen LogP contribution in [0.15, 0.2) is 77.7 Å². The topological polar surface area (TPSA) is 150 Å². The fourth-order valence-electron chi connectivity index (χ4n) is 4.86. The first kappa shape index (κ1) is 32.2. The van der Waals surface area contributed by atoms with Gasteiger partial charge in [-0.2, -0.15) is 10.1 Å². The van der Waals surface area contributed by atoms with Crippen molar-refractivity contribution >= 4 is 25.6 Å². The van der Waals surface area contributed by atoms with E-state index in [0.29, 0.717) is 24.0 Å². The van der Waals surface area contributed by atoms with Crippen LogP contribution in [0.5, 0.6) is 5.75 Å². The van der Waals surface area contributed by atoms with Crippen LogP contribution in [0.3, 0.4) is 0 Å². The van der Waals surface area contributed by atoms with Gasteiger partial charge in [-0.3, -0.25) is 19.2 Å². The van der Waals surface area contributed by atoms with Gasteiger partial charge >= 0.3 is 19.5 Å². The van der Waals surface area contributed by atoms with Gasteiger partial charge in [-0.1, -0.05) is 48.5 Å². The number of alkyl halides is 2. The average Bonchev–Trinajstić information content (AvgIpc) is 3.32. The van der Waals surface area contributed by atoms with Crippen molar-refractivity contribution in [1.29, 1.82) is 0 Å². The average molecular weight is 648 g/mol. The predicted molar refractivity (Wildman–Crippen MR) is 157 cm³/mol. The number of nitrogens with zero attached hydrogens (tertiary/aromatic N) is 3. The van der Waals surface area contributed by atoms with E-state index in [4.69, 9.17) is 18.5 Å². The van der Waals surface area contributed by atoms with Crippen molar-refractivity contribution in [3.05, 3.63) is 89.0 Å². The Bertz CT molecular complexity index is 1600. The minimum Gasteiger partial charge on any atom is -0.444 e. The zero-order chi connectivity index (χ0) is 32.0. The van der Waals surface area contributed by atoms with E-state index in [0.717, 1.165) is 17.8 Å². The summed E-state index contributed by atoms with van der Waals surface area (Å²) in [5.41, 5.74) is -0.370. The number of piperidine rings is 1. The molecule has 4 unspecified atom stereocenters. The van der Waals surface area contributed by atoms with E-state index in [9.17, 15) is 18.9 Å². The largest absolute Gasteiger partial charge is 0.459 e. The fraction of sp³-hybridized carbons (Fsp3) is 0.379. The lowest BCUT2D eigenvalue weighted by Gasteiger charge is -2.32. The van der Waals surface area contributed by atoms with Crippen LogP contribution >= 0.6 is 7.75 Å². The highest BCUT2D eigenvalue weighted by molar-refractivity contribution is 7.52. The van der Waals surface area contributed by atoms with Crippen molar-refractivity contribution in [2.75, 3.05) is 25.5 Å². The maximum Gasteiger partial charge on any atom is 0.459 e. The lowest BCUT2D eigenvalue weighted by atomic mass is 10.1. The number of likely N-dealkylation sites (tertiary alicyclic amines) is 1. The van der Waals surface area contributed by atoms with E-state index in [1.807, 2.05) is 6.07 Å². The van der Waals surface area contributed by atoms with Crippen molar-refractivity contribution in [3.63, 3.8) is 0 Å². The Morgan fingerprint density at radius 1 is 1.11 bits per heavy atom. The van der Waals surface area contributed by atoms with E-state index in [-0.39, 0.29) is 24.1 Å². The monoisotopic (exact) mass is 647 g/mol. The van der Waals surface area contributed by atoms with Gasteiger partial charge in [-0.15, -0.1) is 0 Å². The van der Waals surface area contributed by atoms with E-state index in [1.165, 1.54) is 17.0 Å². The highest BCUT2D eigenvalue weighted by Crippen LogP contribution is 2.48. The summed E-state index contributed by atoms with van der Waals surface area (Å²) in [7, 11) is -2.65. The number of nitrogens with one attached hydrogen (secondary N) is 2. The molecule has 0 aliphatic carbocycles. The summed E-state index contributed by atoms with van der Waals surface area (Å²) in [6, 6.07) is 17.2. The van der Waals surface area contributed by atoms with Crippen LogP contribution in [0, 0.1) is 0 Å². The van der Waals surface area contributed by atoms with Crippen LogP contribution < -0.4 is 20.6 Å². The molecule has 0 radical (unpaired) electrons. The van der Waals surface area contributed by atoms with E-state index >= 15 is 8.78 Å². The first-order chi connectivity index (χ1) is 21.5. The first-order valence-corrected chi connectivity index (χ1v) is 15.7. The van der Waals surface area contributed by atoms with Crippen LogP contribution in [0.25, 0.3) is 0 Å². The number of para-hydroxylation sites is 1. The van der Waals surface area contributed by atoms with Gasteiger partial charge in [0.25, 0.3) is 5.92 Å². The Hall–Kier alpha value is -4.17. The second-order valence-electron chi connectivity index (χ2n) is 10.5. The van der Waals surface area contributed by atoms with Gasteiger partial charge in [0.2, 0.25) is 12.1 Å². The molecule has 3 heterocycles. The lowest BCUT2D eigenvalue weighted by Crippen LogP contribution is -2.48. The molecule has 45 heavy (non-hydrogen) atoms. The van der Waals surface area contributed by atoms with Crippen molar-refractivity contribution < 1.29 is 41.5 Å². The smallest absolute Gasteiger partial charge is 0.444 e. The molecule has 240 valence electrons. The molecule has 2 aromatic carbocycles. The lowest BCUT2D eigenvalue weighted by molar-refractivity contribution is -0.134. The molecule has 4 atom stereocenters. The SMILES string of the molecule is CN1CCCC(NP(=O)(OCC2CC(F)(F)C(n3ccc(NC(=O)OCc4ccccc4)nc3=O)O2)Oc2ccccc2)C1=O. The zero-order valence-electron chi connectivity index (χ0n) is 24.2. The molecule has 5 rings (SSSR count). The molecule has 2 N–H and O–H groups in total. The number of aromatic nitrogens is 2. The summed E-state index contributed by atoms with van der Waals surface area (Å²) in [5.74, 6) is -3.87. The van der Waals surface area contributed by atoms with Crippen molar-refractivity contribution in [3.8, 4) is 5.75 Å². The summed E-state index contributed by atoms with van der Waals surface area (Å²) in [4.78, 5) is 42.6. The molecular formula is C29H32F2N5O8P. The number of amides is 2. The fourth-order valence-corrected chi connectivity index (χ4v) is 6.42. The Kier molecular flexibility index (Phi) is 9.93. The molecule has 13 nitrogen and oxygen atoms in total. The maximum absolute atomic E-state index is 15.1. The molecule has 2 fully saturated rings. The number of hydrogen-bond donors (Lipinski definition) is 2. The van der Waals surface area contributed by atoms with Gasteiger partial charge < -0.3 is 18.9 Å². The molecule has 3 aromatic rings. The third kappa shape index (κ3) is 8.31. The minimum atomic E-state index is -4.27. The third-order valence-electron chi connectivity index (χ3n) is 7.08. The van der Waals surface area contributed by atoms with Crippen LogP contribution in [0.1, 0.15) is 31.1 Å². The molecule has 0 spiro atoms. The van der Waals surface area contributed by atoms with Crippen LogP contribution in [-0.2, 0) is 30.0 Å². The van der Waals surface area contributed by atoms with Crippen molar-refractivity contribution in [2.45, 2.75) is 50.2 Å². The number of carbonyl (C=O) groups is 2. The number of anilines is 1. The van der Waals surface area contributed by atoms with Gasteiger partial charge in [0, 0.05) is 26.2 Å². The number of halogens is 2. The number of likely N-dealkylation sites (N-methyl/N-ethyl adjacent to an activating group) is 1. The number of benzene rings is 2. The summed E-state index contributed by atoms with van der Waals surface area (Å²) in [5, 5.41) is 4.95. The predicted octanol–water partition coefficient (Wildman–Crippen LogP) is 4.33. The highest BCUT2D eigenvalue weighted by Gasteiger charge is 2.52. The van der Waals surface area contributed by atoms with Gasteiger partial charge in [0.15, 0.2) is 0 Å². The summed E-state index contributed by atoms with van der Waals surface area (Å²) in [6.45, 7) is -0.0884.